The number of thioether (sulfide) groups is 1. The normalized spacial score (nSPS) is 11.2. The van der Waals surface area contributed by atoms with Crippen molar-refractivity contribution >= 4 is 39.1 Å². The molecule has 130 valence electrons. The molecule has 0 spiro atoms. The Balaban J connectivity index is 1.84. The van der Waals surface area contributed by atoms with Gasteiger partial charge in [-0.15, -0.1) is 11.3 Å². The number of aryl methyl sites for hydroxylation is 3. The quantitative estimate of drug-likeness (QED) is 0.383. The number of nitrogens with zero attached hydrogens (tertiary/aromatic N) is 2. The van der Waals surface area contributed by atoms with Crippen molar-refractivity contribution in [1.29, 1.82) is 0 Å². The molecule has 0 aliphatic rings. The minimum Gasteiger partial charge on any atom is -0.293 e. The third-order valence-corrected chi connectivity index (χ3v) is 6.52. The highest BCUT2D eigenvalue weighted by atomic mass is 32.2. The van der Waals surface area contributed by atoms with E-state index in [0.717, 1.165) is 21.7 Å². The fraction of sp³-hybridized carbons (Fsp3) is 0.316. The summed E-state index contributed by atoms with van der Waals surface area (Å²) < 4.78 is 1.54. The average molecular weight is 373 g/mol. The van der Waals surface area contributed by atoms with Crippen molar-refractivity contribution in [3.8, 4) is 0 Å². The summed E-state index contributed by atoms with van der Waals surface area (Å²) >= 11 is 2.84. The molecule has 1 aromatic carbocycles. The number of ketones is 1. The Kier molecular flexibility index (Phi) is 5.11. The lowest BCUT2D eigenvalue weighted by Gasteiger charge is -2.07. The van der Waals surface area contributed by atoms with Gasteiger partial charge in [-0.25, -0.2) is 4.98 Å². The zero-order valence-electron chi connectivity index (χ0n) is 14.8. The van der Waals surface area contributed by atoms with Crippen LogP contribution in [0.3, 0.4) is 0 Å². The van der Waals surface area contributed by atoms with E-state index in [0.29, 0.717) is 16.1 Å². The van der Waals surface area contributed by atoms with Crippen molar-refractivity contribution in [3.63, 3.8) is 0 Å². The van der Waals surface area contributed by atoms with Crippen molar-refractivity contribution in [2.75, 3.05) is 5.75 Å². The van der Waals surface area contributed by atoms with Crippen LogP contribution >= 0.6 is 23.1 Å². The van der Waals surface area contributed by atoms with Crippen molar-refractivity contribution in [2.45, 2.75) is 32.3 Å². The van der Waals surface area contributed by atoms with Gasteiger partial charge in [-0.1, -0.05) is 43.0 Å². The highest BCUT2D eigenvalue weighted by molar-refractivity contribution is 7.99. The van der Waals surface area contributed by atoms with Gasteiger partial charge in [0.15, 0.2) is 10.9 Å². The van der Waals surface area contributed by atoms with Crippen LogP contribution in [0.15, 0.2) is 34.2 Å². The highest BCUT2D eigenvalue weighted by Crippen LogP contribution is 2.28. The van der Waals surface area contributed by atoms with Gasteiger partial charge in [-0.2, -0.15) is 0 Å². The Hall–Kier alpha value is -1.92. The monoisotopic (exact) mass is 372 g/mol. The van der Waals surface area contributed by atoms with E-state index in [2.05, 4.69) is 11.9 Å². The van der Waals surface area contributed by atoms with Crippen molar-refractivity contribution in [1.82, 2.24) is 9.55 Å². The molecule has 0 bridgehead atoms. The molecule has 0 fully saturated rings. The van der Waals surface area contributed by atoms with Gasteiger partial charge in [0, 0.05) is 17.5 Å². The minimum atomic E-state index is -0.0471. The number of hydrogen-bond donors (Lipinski definition) is 0. The number of thiophene rings is 1. The van der Waals surface area contributed by atoms with Crippen LogP contribution < -0.4 is 5.56 Å². The fourth-order valence-corrected chi connectivity index (χ4v) is 4.56. The standard InChI is InChI=1S/C19H20N2O2S2/c1-5-13-6-8-14(9-7-13)15(22)10-24-19-20-17-16(18(23)21(19)4)11(2)12(3)25-17/h6-9H,5,10H2,1-4H3. The number of benzene rings is 1. The van der Waals surface area contributed by atoms with Crippen LogP contribution in [0.1, 0.15) is 33.3 Å². The SMILES string of the molecule is CCc1ccc(C(=O)CSc2nc3sc(C)c(C)c3c(=O)n2C)cc1. The molecular weight excluding hydrogens is 352 g/mol. The molecule has 2 heterocycles. The summed E-state index contributed by atoms with van der Waals surface area (Å²) in [6.07, 6.45) is 0.953. The summed E-state index contributed by atoms with van der Waals surface area (Å²) in [5, 5.41) is 1.27. The summed E-state index contributed by atoms with van der Waals surface area (Å²) in [5.74, 6) is 0.307. The zero-order valence-corrected chi connectivity index (χ0v) is 16.4. The van der Waals surface area contributed by atoms with Crippen molar-refractivity contribution in [3.05, 3.63) is 56.2 Å². The molecule has 0 saturated carbocycles. The molecule has 0 N–H and O–H groups in total. The highest BCUT2D eigenvalue weighted by Gasteiger charge is 2.16. The molecule has 0 aliphatic carbocycles. The summed E-state index contributed by atoms with van der Waals surface area (Å²) in [4.78, 5) is 31.5. The van der Waals surface area contributed by atoms with Crippen LogP contribution in [0.4, 0.5) is 0 Å². The molecule has 0 atom stereocenters. The Labute approximate surface area is 154 Å². The van der Waals surface area contributed by atoms with Crippen LogP contribution in [-0.4, -0.2) is 21.1 Å². The van der Waals surface area contributed by atoms with E-state index in [-0.39, 0.29) is 17.1 Å². The van der Waals surface area contributed by atoms with Gasteiger partial charge in [-0.3, -0.25) is 14.2 Å². The molecular formula is C19H20N2O2S2. The zero-order chi connectivity index (χ0) is 18.1. The lowest BCUT2D eigenvalue weighted by Crippen LogP contribution is -2.20. The van der Waals surface area contributed by atoms with Gasteiger partial charge in [0.2, 0.25) is 0 Å². The number of fused-ring (bicyclic) bond motifs is 1. The van der Waals surface area contributed by atoms with Crippen LogP contribution in [0, 0.1) is 13.8 Å². The van der Waals surface area contributed by atoms with E-state index in [9.17, 15) is 9.59 Å². The third-order valence-electron chi connectivity index (χ3n) is 4.39. The van der Waals surface area contributed by atoms with Gasteiger partial charge in [0.1, 0.15) is 4.83 Å². The van der Waals surface area contributed by atoms with E-state index >= 15 is 0 Å². The molecule has 0 saturated heterocycles. The lowest BCUT2D eigenvalue weighted by atomic mass is 10.1. The topological polar surface area (TPSA) is 52.0 Å². The first-order chi connectivity index (χ1) is 11.9. The van der Waals surface area contributed by atoms with Crippen molar-refractivity contribution in [2.24, 2.45) is 7.05 Å². The number of Topliss-reactive ketones (excluding diaryl/α,β-unsaturated/α-hetero) is 1. The van der Waals surface area contributed by atoms with Crippen LogP contribution in [-0.2, 0) is 13.5 Å². The third kappa shape index (κ3) is 3.41. The minimum absolute atomic E-state index is 0.0422. The first-order valence-electron chi connectivity index (χ1n) is 8.14. The molecule has 0 unspecified atom stereocenters. The number of carbonyl (C=O) groups excluding carboxylic acids is 1. The second-order valence-corrected chi connectivity index (χ2v) is 8.13. The van der Waals surface area contributed by atoms with Gasteiger partial charge in [0.25, 0.3) is 5.56 Å². The van der Waals surface area contributed by atoms with Gasteiger partial charge < -0.3 is 0 Å². The predicted molar refractivity (Wildman–Crippen MR) is 105 cm³/mol. The number of carbonyl (C=O) groups is 1. The van der Waals surface area contributed by atoms with E-state index in [4.69, 9.17) is 0 Å². The molecule has 0 amide bonds. The summed E-state index contributed by atoms with van der Waals surface area (Å²) in [7, 11) is 1.71. The van der Waals surface area contributed by atoms with Crippen molar-refractivity contribution < 1.29 is 4.79 Å². The Bertz CT molecular complexity index is 1000. The fourth-order valence-electron chi connectivity index (χ4n) is 2.62. The average Bonchev–Trinajstić information content (AvgIpc) is 2.90. The summed E-state index contributed by atoms with van der Waals surface area (Å²) in [5.41, 5.74) is 2.85. The first-order valence-corrected chi connectivity index (χ1v) is 9.94. The molecule has 0 aliphatic heterocycles. The Morgan fingerprint density at radius 3 is 2.56 bits per heavy atom. The predicted octanol–water partition coefficient (Wildman–Crippen LogP) is 4.15. The Morgan fingerprint density at radius 2 is 1.92 bits per heavy atom. The maximum atomic E-state index is 12.6. The van der Waals surface area contributed by atoms with Gasteiger partial charge >= 0.3 is 0 Å². The smallest absolute Gasteiger partial charge is 0.262 e. The molecule has 6 heteroatoms. The maximum Gasteiger partial charge on any atom is 0.262 e. The Morgan fingerprint density at radius 1 is 1.24 bits per heavy atom. The van der Waals surface area contributed by atoms with E-state index in [1.807, 2.05) is 38.1 Å². The largest absolute Gasteiger partial charge is 0.293 e. The van der Waals surface area contributed by atoms with E-state index < -0.39 is 0 Å². The van der Waals surface area contributed by atoms with E-state index in [1.165, 1.54) is 28.7 Å². The molecule has 4 nitrogen and oxygen atoms in total. The lowest BCUT2D eigenvalue weighted by molar-refractivity contribution is 0.102. The van der Waals surface area contributed by atoms with E-state index in [1.54, 1.807) is 11.6 Å². The molecule has 2 aromatic heterocycles. The first kappa shape index (κ1) is 17.9. The molecule has 25 heavy (non-hydrogen) atoms. The van der Waals surface area contributed by atoms with Gasteiger partial charge in [0.05, 0.1) is 11.1 Å². The summed E-state index contributed by atoms with van der Waals surface area (Å²) in [6, 6.07) is 7.69. The van der Waals surface area contributed by atoms with Gasteiger partial charge in [-0.05, 0) is 31.4 Å². The summed E-state index contributed by atoms with van der Waals surface area (Å²) in [6.45, 7) is 6.04. The second-order valence-electron chi connectivity index (χ2n) is 5.98. The molecule has 0 radical (unpaired) electrons. The van der Waals surface area contributed by atoms with Crippen LogP contribution in [0.5, 0.6) is 0 Å². The number of rotatable bonds is 5. The number of hydrogen-bond acceptors (Lipinski definition) is 5. The maximum absolute atomic E-state index is 12.6. The van der Waals surface area contributed by atoms with Crippen LogP contribution in [0.25, 0.3) is 10.2 Å². The second kappa shape index (κ2) is 7.14. The number of aromatic nitrogens is 2. The molecule has 3 aromatic rings. The molecule has 3 rings (SSSR count). The van der Waals surface area contributed by atoms with Crippen LogP contribution in [0.2, 0.25) is 0 Å².